The Morgan fingerprint density at radius 1 is 0.923 bits per heavy atom. The van der Waals surface area contributed by atoms with Crippen LogP contribution in [0.1, 0.15) is 21.5 Å². The summed E-state index contributed by atoms with van der Waals surface area (Å²) in [6.07, 6.45) is 0. The minimum Gasteiger partial charge on any atom is -0.497 e. The molecule has 0 fully saturated rings. The normalized spacial score (nSPS) is 10.3. The molecular formula is C20H20N4O2. The number of methoxy groups -OCH3 is 1. The van der Waals surface area contributed by atoms with E-state index in [0.717, 1.165) is 5.69 Å². The monoisotopic (exact) mass is 348 g/mol. The topological polar surface area (TPSA) is 76.1 Å². The number of rotatable bonds is 5. The van der Waals surface area contributed by atoms with Crippen LogP contribution in [0.2, 0.25) is 0 Å². The number of nitrogens with zero attached hydrogens (tertiary/aromatic N) is 2. The number of hydrogen-bond donors (Lipinski definition) is 2. The zero-order valence-corrected chi connectivity index (χ0v) is 14.9. The number of carbonyl (C=O) groups excluding carboxylic acids is 1. The van der Waals surface area contributed by atoms with Gasteiger partial charge in [0.25, 0.3) is 5.91 Å². The third-order valence-electron chi connectivity index (χ3n) is 3.73. The fourth-order valence-corrected chi connectivity index (χ4v) is 2.61. The molecule has 1 aromatic heterocycles. The predicted molar refractivity (Wildman–Crippen MR) is 102 cm³/mol. The van der Waals surface area contributed by atoms with E-state index in [0.29, 0.717) is 22.9 Å². The maximum atomic E-state index is 12.3. The summed E-state index contributed by atoms with van der Waals surface area (Å²) in [5.74, 6) is 1.34. The van der Waals surface area contributed by atoms with Gasteiger partial charge in [0.05, 0.1) is 7.11 Å². The van der Waals surface area contributed by atoms with E-state index in [1.54, 1.807) is 43.5 Å². The van der Waals surface area contributed by atoms with Crippen molar-refractivity contribution < 1.29 is 9.53 Å². The van der Waals surface area contributed by atoms with Crippen molar-refractivity contribution in [2.24, 2.45) is 0 Å². The summed E-state index contributed by atoms with van der Waals surface area (Å²) in [5, 5.41) is 14.1. The molecule has 0 saturated heterocycles. The van der Waals surface area contributed by atoms with E-state index in [1.807, 2.05) is 26.0 Å². The Hall–Kier alpha value is -3.41. The van der Waals surface area contributed by atoms with Crippen LogP contribution in [0.5, 0.6) is 5.75 Å². The smallest absolute Gasteiger partial charge is 0.256 e. The lowest BCUT2D eigenvalue weighted by molar-refractivity contribution is 0.102. The van der Waals surface area contributed by atoms with Crippen molar-refractivity contribution in [3.05, 3.63) is 71.3 Å². The molecule has 0 aliphatic heterocycles. The quantitative estimate of drug-likeness (QED) is 0.726. The summed E-state index contributed by atoms with van der Waals surface area (Å²) >= 11 is 0. The first-order chi connectivity index (χ1) is 12.5. The number of anilines is 3. The van der Waals surface area contributed by atoms with Gasteiger partial charge in [-0.25, -0.2) is 0 Å². The second kappa shape index (κ2) is 7.65. The number of benzene rings is 2. The van der Waals surface area contributed by atoms with Crippen molar-refractivity contribution in [3.63, 3.8) is 0 Å². The molecule has 132 valence electrons. The third-order valence-corrected chi connectivity index (χ3v) is 3.73. The largest absolute Gasteiger partial charge is 0.497 e. The van der Waals surface area contributed by atoms with E-state index in [-0.39, 0.29) is 5.91 Å². The second-order valence-electron chi connectivity index (χ2n) is 5.99. The predicted octanol–water partition coefficient (Wildman–Crippen LogP) is 4.10. The lowest BCUT2D eigenvalue weighted by Crippen LogP contribution is -2.13. The van der Waals surface area contributed by atoms with Gasteiger partial charge in [-0.05, 0) is 67.4 Å². The average molecular weight is 348 g/mol. The van der Waals surface area contributed by atoms with Crippen LogP contribution in [0.15, 0.2) is 54.6 Å². The lowest BCUT2D eigenvalue weighted by Gasteiger charge is -2.09. The van der Waals surface area contributed by atoms with Crippen molar-refractivity contribution >= 4 is 23.2 Å². The highest BCUT2D eigenvalue weighted by Crippen LogP contribution is 2.19. The number of amides is 1. The molecule has 3 aromatic rings. The number of hydrogen-bond acceptors (Lipinski definition) is 5. The average Bonchev–Trinajstić information content (AvgIpc) is 2.62. The van der Waals surface area contributed by atoms with Gasteiger partial charge in [0.15, 0.2) is 11.6 Å². The van der Waals surface area contributed by atoms with Gasteiger partial charge in [-0.1, -0.05) is 12.1 Å². The molecule has 0 saturated carbocycles. The fourth-order valence-electron chi connectivity index (χ4n) is 2.61. The zero-order valence-electron chi connectivity index (χ0n) is 14.9. The Balaban J connectivity index is 1.68. The van der Waals surface area contributed by atoms with E-state index in [4.69, 9.17) is 4.74 Å². The summed E-state index contributed by atoms with van der Waals surface area (Å²) < 4.78 is 5.13. The lowest BCUT2D eigenvalue weighted by atomic mass is 10.1. The van der Waals surface area contributed by atoms with Gasteiger partial charge in [-0.2, -0.15) is 0 Å². The Morgan fingerprint density at radius 3 is 2.27 bits per heavy atom. The molecule has 2 aromatic carbocycles. The Labute approximate surface area is 152 Å². The van der Waals surface area contributed by atoms with Crippen LogP contribution in [0.4, 0.5) is 17.3 Å². The van der Waals surface area contributed by atoms with Gasteiger partial charge in [0, 0.05) is 11.3 Å². The Bertz CT molecular complexity index is 903. The molecule has 6 nitrogen and oxygen atoms in total. The first-order valence-corrected chi connectivity index (χ1v) is 8.18. The minimum atomic E-state index is -0.270. The molecule has 0 bridgehead atoms. The minimum absolute atomic E-state index is 0.270. The van der Waals surface area contributed by atoms with Gasteiger partial charge in [-0.15, -0.1) is 10.2 Å². The molecule has 0 spiro atoms. The number of nitrogens with one attached hydrogen (secondary N) is 2. The van der Waals surface area contributed by atoms with E-state index in [2.05, 4.69) is 26.9 Å². The number of carbonyl (C=O) groups is 1. The van der Waals surface area contributed by atoms with Gasteiger partial charge in [0.2, 0.25) is 0 Å². The highest BCUT2D eigenvalue weighted by Gasteiger charge is 2.08. The van der Waals surface area contributed by atoms with Crippen LogP contribution >= 0.6 is 0 Å². The molecule has 26 heavy (non-hydrogen) atoms. The summed E-state index contributed by atoms with van der Waals surface area (Å²) in [6.45, 7) is 4.09. The van der Waals surface area contributed by atoms with Crippen molar-refractivity contribution in [1.82, 2.24) is 10.2 Å². The van der Waals surface area contributed by atoms with Crippen molar-refractivity contribution in [2.75, 3.05) is 17.7 Å². The molecule has 1 heterocycles. The molecule has 1 amide bonds. The molecule has 0 atom stereocenters. The van der Waals surface area contributed by atoms with Gasteiger partial charge in [-0.3, -0.25) is 4.79 Å². The molecule has 0 radical (unpaired) electrons. The van der Waals surface area contributed by atoms with Gasteiger partial charge >= 0.3 is 0 Å². The van der Waals surface area contributed by atoms with Crippen LogP contribution in [0, 0.1) is 13.8 Å². The number of aryl methyl sites for hydroxylation is 2. The van der Waals surface area contributed by atoms with Crippen LogP contribution in [-0.4, -0.2) is 23.2 Å². The number of ether oxygens (including phenoxy) is 1. The molecule has 0 aliphatic rings. The van der Waals surface area contributed by atoms with Crippen molar-refractivity contribution in [2.45, 2.75) is 13.8 Å². The molecule has 2 N–H and O–H groups in total. The van der Waals surface area contributed by atoms with Crippen LogP contribution in [0.3, 0.4) is 0 Å². The first-order valence-electron chi connectivity index (χ1n) is 8.18. The molecule has 6 heteroatoms. The van der Waals surface area contributed by atoms with Crippen LogP contribution < -0.4 is 15.4 Å². The summed E-state index contributed by atoms with van der Waals surface area (Å²) in [4.78, 5) is 12.3. The summed E-state index contributed by atoms with van der Waals surface area (Å²) in [5.41, 5.74) is 3.78. The van der Waals surface area contributed by atoms with Crippen molar-refractivity contribution in [1.29, 1.82) is 0 Å². The Morgan fingerprint density at radius 2 is 1.62 bits per heavy atom. The van der Waals surface area contributed by atoms with Crippen molar-refractivity contribution in [3.8, 4) is 5.75 Å². The second-order valence-corrected chi connectivity index (χ2v) is 5.99. The standard InChI is InChI=1S/C20H20N4O2/c1-13-9-14(2)11-16(10-13)21-18-7-8-19(24-23-18)22-20(25)15-5-4-6-17(12-15)26-3/h4-12H,1-3H3,(H,21,23)(H,22,24,25). The summed E-state index contributed by atoms with van der Waals surface area (Å²) in [7, 11) is 1.56. The maximum absolute atomic E-state index is 12.3. The SMILES string of the molecule is COc1cccc(C(=O)Nc2ccc(Nc3cc(C)cc(C)c3)nn2)c1. The van der Waals surface area contributed by atoms with E-state index < -0.39 is 0 Å². The highest BCUT2D eigenvalue weighted by atomic mass is 16.5. The van der Waals surface area contributed by atoms with Gasteiger partial charge < -0.3 is 15.4 Å². The first kappa shape index (κ1) is 17.4. The highest BCUT2D eigenvalue weighted by molar-refractivity contribution is 6.03. The number of aromatic nitrogens is 2. The van der Waals surface area contributed by atoms with Crippen LogP contribution in [-0.2, 0) is 0 Å². The molecular weight excluding hydrogens is 328 g/mol. The maximum Gasteiger partial charge on any atom is 0.256 e. The third kappa shape index (κ3) is 4.36. The van der Waals surface area contributed by atoms with Crippen LogP contribution in [0.25, 0.3) is 0 Å². The molecule has 0 aliphatic carbocycles. The molecule has 0 unspecified atom stereocenters. The van der Waals surface area contributed by atoms with E-state index in [9.17, 15) is 4.79 Å². The fraction of sp³-hybridized carbons (Fsp3) is 0.150. The molecule has 3 rings (SSSR count). The Kier molecular flexibility index (Phi) is 5.12. The van der Waals surface area contributed by atoms with E-state index in [1.165, 1.54) is 11.1 Å². The summed E-state index contributed by atoms with van der Waals surface area (Å²) in [6, 6.07) is 16.6. The zero-order chi connectivity index (χ0) is 18.5. The van der Waals surface area contributed by atoms with E-state index >= 15 is 0 Å². The van der Waals surface area contributed by atoms with Gasteiger partial charge in [0.1, 0.15) is 5.75 Å².